The predicted octanol–water partition coefficient (Wildman–Crippen LogP) is 2.69. The zero-order valence-electron chi connectivity index (χ0n) is 10.5. The number of thioether (sulfide) groups is 1. The van der Waals surface area contributed by atoms with Crippen LogP contribution in [-0.4, -0.2) is 31.6 Å². The Labute approximate surface area is 112 Å². The van der Waals surface area contributed by atoms with Crippen molar-refractivity contribution in [2.24, 2.45) is 0 Å². The quantitative estimate of drug-likeness (QED) is 0.890. The molecule has 1 fully saturated rings. The summed E-state index contributed by atoms with van der Waals surface area (Å²) in [5.41, 5.74) is 0. The van der Waals surface area contributed by atoms with Crippen LogP contribution in [0.1, 0.15) is 19.3 Å². The van der Waals surface area contributed by atoms with Crippen LogP contribution in [0.15, 0.2) is 23.1 Å². The fourth-order valence-electron chi connectivity index (χ4n) is 2.32. The first-order chi connectivity index (χ1) is 8.92. The highest BCUT2D eigenvalue weighted by Gasteiger charge is 2.16. The highest BCUT2D eigenvalue weighted by molar-refractivity contribution is 8.00. The number of ether oxygens (including phenoxy) is 2. The average Bonchev–Trinajstić information content (AvgIpc) is 2.64. The third-order valence-electron chi connectivity index (χ3n) is 3.31. The molecule has 18 heavy (non-hydrogen) atoms. The average molecular weight is 265 g/mol. The van der Waals surface area contributed by atoms with Gasteiger partial charge in [0.2, 0.25) is 0 Å². The Morgan fingerprint density at radius 2 is 1.83 bits per heavy atom. The molecule has 3 rings (SSSR count). The lowest BCUT2D eigenvalue weighted by molar-refractivity contribution is 0.297. The second kappa shape index (κ2) is 5.85. The first-order valence-corrected chi connectivity index (χ1v) is 7.57. The molecule has 0 saturated carbocycles. The molecule has 0 bridgehead atoms. The van der Waals surface area contributed by atoms with Gasteiger partial charge in [-0.2, -0.15) is 0 Å². The zero-order chi connectivity index (χ0) is 12.2. The Morgan fingerprint density at radius 3 is 2.67 bits per heavy atom. The smallest absolute Gasteiger partial charge is 0.162 e. The van der Waals surface area contributed by atoms with Gasteiger partial charge in [0.1, 0.15) is 0 Å². The SMILES string of the molecule is c1cc2c(cc1SC1CCNCC1)OCCCO2. The van der Waals surface area contributed by atoms with Gasteiger partial charge in [0.25, 0.3) is 0 Å². The first kappa shape index (κ1) is 12.2. The number of rotatable bonds is 2. The topological polar surface area (TPSA) is 30.5 Å². The summed E-state index contributed by atoms with van der Waals surface area (Å²) < 4.78 is 11.4. The first-order valence-electron chi connectivity index (χ1n) is 6.69. The molecule has 2 aliphatic rings. The lowest BCUT2D eigenvalue weighted by atomic mass is 10.2. The molecule has 0 spiro atoms. The summed E-state index contributed by atoms with van der Waals surface area (Å²) in [5.74, 6) is 1.80. The van der Waals surface area contributed by atoms with Crippen LogP contribution in [0.4, 0.5) is 0 Å². The van der Waals surface area contributed by atoms with Gasteiger partial charge < -0.3 is 14.8 Å². The Morgan fingerprint density at radius 1 is 1.06 bits per heavy atom. The molecular formula is C14H19NO2S. The summed E-state index contributed by atoms with van der Waals surface area (Å²) in [7, 11) is 0. The maximum absolute atomic E-state index is 5.73. The third kappa shape index (κ3) is 2.93. The molecule has 1 saturated heterocycles. The van der Waals surface area contributed by atoms with Gasteiger partial charge in [-0.25, -0.2) is 0 Å². The number of piperidine rings is 1. The molecule has 98 valence electrons. The van der Waals surface area contributed by atoms with Crippen LogP contribution in [0.25, 0.3) is 0 Å². The van der Waals surface area contributed by atoms with Crippen molar-refractivity contribution < 1.29 is 9.47 Å². The van der Waals surface area contributed by atoms with Crippen LogP contribution >= 0.6 is 11.8 Å². The van der Waals surface area contributed by atoms with E-state index in [0.29, 0.717) is 0 Å². The highest BCUT2D eigenvalue weighted by Crippen LogP contribution is 2.36. The van der Waals surface area contributed by atoms with E-state index in [9.17, 15) is 0 Å². The summed E-state index contributed by atoms with van der Waals surface area (Å²) in [6.07, 6.45) is 3.46. The molecule has 0 atom stereocenters. The molecule has 3 nitrogen and oxygen atoms in total. The van der Waals surface area contributed by atoms with E-state index in [-0.39, 0.29) is 0 Å². The molecule has 4 heteroatoms. The molecule has 0 aliphatic carbocycles. The molecule has 0 amide bonds. The lowest BCUT2D eigenvalue weighted by Gasteiger charge is -2.22. The van der Waals surface area contributed by atoms with Crippen LogP contribution < -0.4 is 14.8 Å². The van der Waals surface area contributed by atoms with Gasteiger partial charge in [-0.15, -0.1) is 11.8 Å². The number of nitrogens with one attached hydrogen (secondary N) is 1. The second-order valence-electron chi connectivity index (χ2n) is 4.73. The van der Waals surface area contributed by atoms with Crippen molar-refractivity contribution in [1.82, 2.24) is 5.32 Å². The van der Waals surface area contributed by atoms with Gasteiger partial charge in [0.05, 0.1) is 13.2 Å². The van der Waals surface area contributed by atoms with Gasteiger partial charge in [-0.3, -0.25) is 0 Å². The molecule has 0 radical (unpaired) electrons. The van der Waals surface area contributed by atoms with Crippen molar-refractivity contribution in [2.45, 2.75) is 29.4 Å². The van der Waals surface area contributed by atoms with Crippen molar-refractivity contribution >= 4 is 11.8 Å². The normalized spacial score (nSPS) is 20.4. The van der Waals surface area contributed by atoms with E-state index in [0.717, 1.165) is 49.5 Å². The molecule has 1 aromatic rings. The van der Waals surface area contributed by atoms with E-state index in [1.54, 1.807) is 0 Å². The van der Waals surface area contributed by atoms with Gasteiger partial charge in [0, 0.05) is 16.6 Å². The zero-order valence-corrected chi connectivity index (χ0v) is 11.3. The highest BCUT2D eigenvalue weighted by atomic mass is 32.2. The monoisotopic (exact) mass is 265 g/mol. The van der Waals surface area contributed by atoms with Crippen molar-refractivity contribution in [2.75, 3.05) is 26.3 Å². The number of fused-ring (bicyclic) bond motifs is 1. The van der Waals surface area contributed by atoms with Crippen LogP contribution in [0.3, 0.4) is 0 Å². The van der Waals surface area contributed by atoms with E-state index in [2.05, 4.69) is 17.4 Å². The van der Waals surface area contributed by atoms with Gasteiger partial charge in [-0.05, 0) is 44.1 Å². The summed E-state index contributed by atoms with van der Waals surface area (Å²) >= 11 is 1.97. The molecule has 2 aliphatic heterocycles. The second-order valence-corrected chi connectivity index (χ2v) is 6.10. The molecular weight excluding hydrogens is 246 g/mol. The van der Waals surface area contributed by atoms with Crippen LogP contribution in [0, 0.1) is 0 Å². The Kier molecular flexibility index (Phi) is 3.96. The number of hydrogen-bond acceptors (Lipinski definition) is 4. The summed E-state index contributed by atoms with van der Waals surface area (Å²) in [4.78, 5) is 1.30. The summed E-state index contributed by atoms with van der Waals surface area (Å²) in [6, 6.07) is 6.33. The largest absolute Gasteiger partial charge is 0.490 e. The summed E-state index contributed by atoms with van der Waals surface area (Å²) in [6.45, 7) is 3.80. The Hall–Kier alpha value is -0.870. The number of hydrogen-bond donors (Lipinski definition) is 1. The van der Waals surface area contributed by atoms with Crippen molar-refractivity contribution in [3.8, 4) is 11.5 Å². The fraction of sp³-hybridized carbons (Fsp3) is 0.571. The van der Waals surface area contributed by atoms with Crippen LogP contribution in [0.5, 0.6) is 11.5 Å². The van der Waals surface area contributed by atoms with Gasteiger partial charge >= 0.3 is 0 Å². The standard InChI is InChI=1S/C14H19NO2S/c1-8-16-13-3-2-12(10-14(13)17-9-1)18-11-4-6-15-7-5-11/h2-3,10-11,15H,1,4-9H2. The van der Waals surface area contributed by atoms with E-state index in [1.165, 1.54) is 17.7 Å². The minimum Gasteiger partial charge on any atom is -0.490 e. The van der Waals surface area contributed by atoms with Crippen LogP contribution in [0.2, 0.25) is 0 Å². The Bertz CT molecular complexity index is 405. The third-order valence-corrected chi connectivity index (χ3v) is 4.64. The molecule has 0 unspecified atom stereocenters. The van der Waals surface area contributed by atoms with E-state index in [1.807, 2.05) is 17.8 Å². The van der Waals surface area contributed by atoms with Crippen molar-refractivity contribution in [1.29, 1.82) is 0 Å². The van der Waals surface area contributed by atoms with Gasteiger partial charge in [-0.1, -0.05) is 0 Å². The molecule has 1 N–H and O–H groups in total. The van der Waals surface area contributed by atoms with Crippen molar-refractivity contribution in [3.05, 3.63) is 18.2 Å². The lowest BCUT2D eigenvalue weighted by Crippen LogP contribution is -2.29. The fourth-order valence-corrected chi connectivity index (χ4v) is 3.50. The predicted molar refractivity (Wildman–Crippen MR) is 73.8 cm³/mol. The maximum atomic E-state index is 5.73. The molecule has 1 aromatic carbocycles. The van der Waals surface area contributed by atoms with E-state index >= 15 is 0 Å². The van der Waals surface area contributed by atoms with Gasteiger partial charge in [0.15, 0.2) is 11.5 Å². The van der Waals surface area contributed by atoms with E-state index < -0.39 is 0 Å². The Balaban J connectivity index is 1.70. The maximum Gasteiger partial charge on any atom is 0.162 e. The van der Waals surface area contributed by atoms with Crippen molar-refractivity contribution in [3.63, 3.8) is 0 Å². The number of benzene rings is 1. The van der Waals surface area contributed by atoms with E-state index in [4.69, 9.17) is 9.47 Å². The minimum absolute atomic E-state index is 0.732. The summed E-state index contributed by atoms with van der Waals surface area (Å²) in [5, 5.41) is 4.13. The molecule has 2 heterocycles. The molecule has 0 aromatic heterocycles. The van der Waals surface area contributed by atoms with Crippen LogP contribution in [-0.2, 0) is 0 Å². The minimum atomic E-state index is 0.732.